The summed E-state index contributed by atoms with van der Waals surface area (Å²) in [5, 5.41) is 0.0957. The van der Waals surface area contributed by atoms with Crippen LogP contribution in [-0.2, 0) is 16.4 Å². The summed E-state index contributed by atoms with van der Waals surface area (Å²) in [6.07, 6.45) is 2.01. The molecule has 1 heterocycles. The summed E-state index contributed by atoms with van der Waals surface area (Å²) in [6.45, 7) is 3.71. The molecule has 0 aliphatic rings. The van der Waals surface area contributed by atoms with Crippen LogP contribution in [0.2, 0.25) is 0 Å². The van der Waals surface area contributed by atoms with Gasteiger partial charge in [-0.3, -0.25) is 0 Å². The number of benzene rings is 1. The van der Waals surface area contributed by atoms with Gasteiger partial charge in [0.15, 0.2) is 5.03 Å². The highest BCUT2D eigenvalue weighted by molar-refractivity contribution is 9.10. The Morgan fingerprint density at radius 3 is 2.55 bits per heavy atom. The molecule has 0 fully saturated rings. The van der Waals surface area contributed by atoms with E-state index in [2.05, 4.69) is 30.6 Å². The van der Waals surface area contributed by atoms with Gasteiger partial charge in [0.05, 0.1) is 6.20 Å². The van der Waals surface area contributed by atoms with Crippen LogP contribution in [0.25, 0.3) is 0 Å². The third-order valence-corrected chi connectivity index (χ3v) is 4.91. The Balaban J connectivity index is 2.17. The van der Waals surface area contributed by atoms with E-state index in [9.17, 15) is 8.42 Å². The highest BCUT2D eigenvalue weighted by Crippen LogP contribution is 2.18. The fourth-order valence-corrected chi connectivity index (χ4v) is 3.21. The summed E-state index contributed by atoms with van der Waals surface area (Å²) in [7, 11) is -3.59. The maximum absolute atomic E-state index is 12.2. The van der Waals surface area contributed by atoms with Crippen molar-refractivity contribution in [2.75, 3.05) is 0 Å². The third kappa shape index (κ3) is 3.47. The van der Waals surface area contributed by atoms with Crippen LogP contribution in [0.4, 0.5) is 0 Å². The molecule has 0 aliphatic heterocycles. The van der Waals surface area contributed by atoms with Crippen LogP contribution in [0.5, 0.6) is 0 Å². The van der Waals surface area contributed by atoms with Crippen LogP contribution < -0.4 is 4.72 Å². The number of H-pyrrole nitrogens is 1. The topological polar surface area (TPSA) is 74.8 Å². The molecule has 0 spiro atoms. The van der Waals surface area contributed by atoms with E-state index in [1.165, 1.54) is 6.20 Å². The number of hydrogen-bond acceptors (Lipinski definition) is 3. The van der Waals surface area contributed by atoms with E-state index < -0.39 is 10.0 Å². The van der Waals surface area contributed by atoms with Crippen LogP contribution >= 0.6 is 15.9 Å². The smallest absolute Gasteiger partial charge is 0.258 e. The first kappa shape index (κ1) is 15.2. The van der Waals surface area contributed by atoms with Crippen LogP contribution in [0, 0.1) is 0 Å². The summed E-state index contributed by atoms with van der Waals surface area (Å²) >= 11 is 3.35. The van der Waals surface area contributed by atoms with Crippen molar-refractivity contribution >= 4 is 26.0 Å². The molecule has 0 aliphatic carbocycles. The predicted molar refractivity (Wildman–Crippen MR) is 80.8 cm³/mol. The van der Waals surface area contributed by atoms with Crippen molar-refractivity contribution in [3.63, 3.8) is 0 Å². The maximum atomic E-state index is 12.2. The van der Waals surface area contributed by atoms with Gasteiger partial charge in [0.2, 0.25) is 0 Å². The number of nitrogens with zero attached hydrogens (tertiary/aromatic N) is 1. The van der Waals surface area contributed by atoms with Crippen molar-refractivity contribution in [3.05, 3.63) is 46.3 Å². The van der Waals surface area contributed by atoms with Crippen LogP contribution in [-0.4, -0.2) is 18.4 Å². The number of sulfonamides is 1. The van der Waals surface area contributed by atoms with Crippen molar-refractivity contribution in [3.8, 4) is 0 Å². The second-order valence-electron chi connectivity index (χ2n) is 4.44. The Bertz CT molecular complexity index is 680. The summed E-state index contributed by atoms with van der Waals surface area (Å²) < 4.78 is 28.0. The minimum atomic E-state index is -3.59. The van der Waals surface area contributed by atoms with Gasteiger partial charge in [-0.1, -0.05) is 35.0 Å². The molecule has 0 bridgehead atoms. The minimum absolute atomic E-state index is 0.0957. The fraction of sp³-hybridized carbons (Fsp3) is 0.308. The molecular weight excluding hydrogens is 342 g/mol. The lowest BCUT2D eigenvalue weighted by atomic mass is 10.1. The molecule has 20 heavy (non-hydrogen) atoms. The number of aryl methyl sites for hydroxylation is 1. The second-order valence-corrected chi connectivity index (χ2v) is 7.04. The molecule has 2 N–H and O–H groups in total. The second kappa shape index (κ2) is 6.07. The summed E-state index contributed by atoms with van der Waals surface area (Å²) in [4.78, 5) is 6.81. The lowest BCUT2D eigenvalue weighted by molar-refractivity contribution is 0.563. The first-order valence-electron chi connectivity index (χ1n) is 6.24. The molecule has 1 aromatic heterocycles. The Kier molecular flexibility index (Phi) is 4.62. The number of imidazole rings is 1. The van der Waals surface area contributed by atoms with Crippen LogP contribution in [0.1, 0.15) is 31.3 Å². The lowest BCUT2D eigenvalue weighted by Crippen LogP contribution is -2.27. The number of rotatable bonds is 5. The quantitative estimate of drug-likeness (QED) is 0.863. The number of aromatic nitrogens is 2. The van der Waals surface area contributed by atoms with Crippen molar-refractivity contribution < 1.29 is 8.42 Å². The zero-order chi connectivity index (χ0) is 14.8. The number of halogens is 1. The van der Waals surface area contributed by atoms with E-state index in [1.807, 2.05) is 31.2 Å². The molecule has 1 atom stereocenters. The molecule has 7 heteroatoms. The fourth-order valence-electron chi connectivity index (χ4n) is 1.78. The van der Waals surface area contributed by atoms with Gasteiger partial charge in [0.25, 0.3) is 10.0 Å². The molecule has 0 radical (unpaired) electrons. The van der Waals surface area contributed by atoms with E-state index in [0.29, 0.717) is 12.2 Å². The third-order valence-electron chi connectivity index (χ3n) is 2.93. The molecule has 1 aromatic carbocycles. The Morgan fingerprint density at radius 1 is 1.35 bits per heavy atom. The average Bonchev–Trinajstić information content (AvgIpc) is 2.88. The van der Waals surface area contributed by atoms with Gasteiger partial charge in [-0.25, -0.2) is 18.1 Å². The molecule has 0 saturated carbocycles. The Morgan fingerprint density at radius 2 is 2.00 bits per heavy atom. The van der Waals surface area contributed by atoms with E-state index in [1.54, 1.807) is 6.92 Å². The van der Waals surface area contributed by atoms with Gasteiger partial charge in [-0.15, -0.1) is 0 Å². The van der Waals surface area contributed by atoms with E-state index in [4.69, 9.17) is 0 Å². The first-order chi connectivity index (χ1) is 9.42. The van der Waals surface area contributed by atoms with Gasteiger partial charge in [-0.2, -0.15) is 0 Å². The lowest BCUT2D eigenvalue weighted by Gasteiger charge is -2.13. The van der Waals surface area contributed by atoms with Gasteiger partial charge in [0, 0.05) is 16.9 Å². The molecule has 1 unspecified atom stereocenters. The zero-order valence-electron chi connectivity index (χ0n) is 11.2. The van der Waals surface area contributed by atoms with Crippen LogP contribution in [0.3, 0.4) is 0 Å². The standard InChI is InChI=1S/C13H16BrN3O2S/c1-3-12-15-8-13(16-12)20(18,19)17-9(2)10-4-6-11(14)7-5-10/h4-9,17H,3H2,1-2H3,(H,15,16). The highest BCUT2D eigenvalue weighted by atomic mass is 79.9. The van der Waals surface area contributed by atoms with Crippen molar-refractivity contribution in [1.29, 1.82) is 0 Å². The summed E-state index contributed by atoms with van der Waals surface area (Å²) in [5.74, 6) is 0.654. The number of nitrogens with one attached hydrogen (secondary N) is 2. The van der Waals surface area contributed by atoms with E-state index in [0.717, 1.165) is 10.0 Å². The SMILES string of the molecule is CCc1ncc(S(=O)(=O)NC(C)c2ccc(Br)cc2)[nH]1. The van der Waals surface area contributed by atoms with E-state index >= 15 is 0 Å². The highest BCUT2D eigenvalue weighted by Gasteiger charge is 2.20. The Hall–Kier alpha value is -1.18. The van der Waals surface area contributed by atoms with Gasteiger partial charge in [0.1, 0.15) is 5.82 Å². The number of aromatic amines is 1. The predicted octanol–water partition coefficient (Wildman–Crippen LogP) is 2.77. The van der Waals surface area contributed by atoms with Crippen LogP contribution in [0.15, 0.2) is 40.0 Å². The monoisotopic (exact) mass is 357 g/mol. The number of hydrogen-bond donors (Lipinski definition) is 2. The largest absolute Gasteiger partial charge is 0.332 e. The molecule has 108 valence electrons. The van der Waals surface area contributed by atoms with Gasteiger partial charge >= 0.3 is 0 Å². The first-order valence-corrected chi connectivity index (χ1v) is 8.51. The normalized spacial score (nSPS) is 13.3. The zero-order valence-corrected chi connectivity index (χ0v) is 13.6. The summed E-state index contributed by atoms with van der Waals surface area (Å²) in [6, 6.07) is 7.20. The van der Waals surface area contributed by atoms with Crippen molar-refractivity contribution in [2.45, 2.75) is 31.3 Å². The molecule has 0 saturated heterocycles. The van der Waals surface area contributed by atoms with Crippen molar-refractivity contribution in [2.24, 2.45) is 0 Å². The van der Waals surface area contributed by atoms with Gasteiger partial charge < -0.3 is 4.98 Å². The van der Waals surface area contributed by atoms with Crippen molar-refractivity contribution in [1.82, 2.24) is 14.7 Å². The molecule has 5 nitrogen and oxygen atoms in total. The summed E-state index contributed by atoms with van der Waals surface area (Å²) in [5.41, 5.74) is 0.895. The van der Waals surface area contributed by atoms with E-state index in [-0.39, 0.29) is 11.1 Å². The maximum Gasteiger partial charge on any atom is 0.258 e. The molecular formula is C13H16BrN3O2S. The molecule has 0 amide bonds. The molecule has 2 aromatic rings. The molecule has 2 rings (SSSR count). The minimum Gasteiger partial charge on any atom is -0.332 e. The average molecular weight is 358 g/mol. The Labute approximate surface area is 127 Å². The van der Waals surface area contributed by atoms with Gasteiger partial charge in [-0.05, 0) is 24.6 Å².